The van der Waals surface area contributed by atoms with Gasteiger partial charge in [0.05, 0.1) is 6.17 Å². The maximum absolute atomic E-state index is 11.5. The summed E-state index contributed by atoms with van der Waals surface area (Å²) in [5.74, 6) is 0.337. The molecule has 2 aromatic carbocycles. The number of benzene rings is 2. The van der Waals surface area contributed by atoms with Gasteiger partial charge in [-0.05, 0) is 42.9 Å². The van der Waals surface area contributed by atoms with Crippen molar-refractivity contribution in [1.82, 2.24) is 4.90 Å². The van der Waals surface area contributed by atoms with Crippen molar-refractivity contribution in [2.45, 2.75) is 44.8 Å². The van der Waals surface area contributed by atoms with Gasteiger partial charge < -0.3 is 11.1 Å². The number of nitrogens with zero attached hydrogens (tertiary/aromatic N) is 1. The Bertz CT molecular complexity index is 716. The SMILES string of the molecule is CC(=O)Nc1ccccc1C1CCN(C(C)c2ccccc2)C(N)C1. The Morgan fingerprint density at radius 2 is 1.84 bits per heavy atom. The number of likely N-dealkylation sites (tertiary alicyclic amines) is 1. The van der Waals surface area contributed by atoms with E-state index in [1.165, 1.54) is 11.1 Å². The molecule has 0 spiro atoms. The molecule has 4 nitrogen and oxygen atoms in total. The van der Waals surface area contributed by atoms with Crippen LogP contribution in [0.25, 0.3) is 0 Å². The molecule has 1 fully saturated rings. The fourth-order valence-corrected chi connectivity index (χ4v) is 3.86. The van der Waals surface area contributed by atoms with Crippen LogP contribution >= 0.6 is 0 Å². The number of para-hydroxylation sites is 1. The average Bonchev–Trinajstić information content (AvgIpc) is 2.62. The van der Waals surface area contributed by atoms with Gasteiger partial charge in [-0.1, -0.05) is 48.5 Å². The summed E-state index contributed by atoms with van der Waals surface area (Å²) < 4.78 is 0. The zero-order chi connectivity index (χ0) is 17.8. The molecule has 3 unspecified atom stereocenters. The van der Waals surface area contributed by atoms with E-state index < -0.39 is 0 Å². The Morgan fingerprint density at radius 1 is 1.16 bits per heavy atom. The third-order valence-electron chi connectivity index (χ3n) is 5.18. The second kappa shape index (κ2) is 7.81. The van der Waals surface area contributed by atoms with Crippen LogP contribution in [0.3, 0.4) is 0 Å². The molecular weight excluding hydrogens is 310 g/mol. The van der Waals surface area contributed by atoms with Crippen LogP contribution in [0.5, 0.6) is 0 Å². The normalized spacial score (nSPS) is 22.4. The molecule has 1 aliphatic rings. The minimum Gasteiger partial charge on any atom is -0.326 e. The predicted octanol–water partition coefficient (Wildman–Crippen LogP) is 3.87. The number of anilines is 1. The lowest BCUT2D eigenvalue weighted by Crippen LogP contribution is -2.48. The van der Waals surface area contributed by atoms with Crippen molar-refractivity contribution in [2.75, 3.05) is 11.9 Å². The van der Waals surface area contributed by atoms with Crippen molar-refractivity contribution >= 4 is 11.6 Å². The van der Waals surface area contributed by atoms with Crippen LogP contribution in [-0.4, -0.2) is 23.5 Å². The Hall–Kier alpha value is -2.17. The van der Waals surface area contributed by atoms with E-state index in [1.54, 1.807) is 6.92 Å². The standard InChI is InChI=1S/C21H27N3O/c1-15(17-8-4-3-5-9-17)24-13-12-18(14-21(24)22)19-10-6-7-11-20(19)23-16(2)25/h3-11,15,18,21H,12-14,22H2,1-2H3,(H,23,25). The highest BCUT2D eigenvalue weighted by Gasteiger charge is 2.31. The van der Waals surface area contributed by atoms with E-state index in [9.17, 15) is 4.79 Å². The Labute approximate surface area is 150 Å². The zero-order valence-electron chi connectivity index (χ0n) is 15.0. The maximum Gasteiger partial charge on any atom is 0.221 e. The number of rotatable bonds is 4. The number of carbonyl (C=O) groups excluding carboxylic acids is 1. The van der Waals surface area contributed by atoms with Crippen molar-refractivity contribution in [3.05, 3.63) is 65.7 Å². The summed E-state index contributed by atoms with van der Waals surface area (Å²) in [7, 11) is 0. The third kappa shape index (κ3) is 4.09. The van der Waals surface area contributed by atoms with Crippen LogP contribution in [0.4, 0.5) is 5.69 Å². The number of hydrogen-bond acceptors (Lipinski definition) is 3. The van der Waals surface area contributed by atoms with Crippen molar-refractivity contribution in [3.8, 4) is 0 Å². The minimum atomic E-state index is -0.0353. The lowest BCUT2D eigenvalue weighted by molar-refractivity contribution is -0.114. The number of piperidine rings is 1. The van der Waals surface area contributed by atoms with Crippen molar-refractivity contribution in [1.29, 1.82) is 0 Å². The molecule has 1 amide bonds. The summed E-state index contributed by atoms with van der Waals surface area (Å²) in [5, 5.41) is 2.95. The first-order valence-corrected chi connectivity index (χ1v) is 8.99. The zero-order valence-corrected chi connectivity index (χ0v) is 15.0. The van der Waals surface area contributed by atoms with Gasteiger partial charge in [0, 0.05) is 25.2 Å². The molecule has 1 saturated heterocycles. The van der Waals surface area contributed by atoms with Gasteiger partial charge in [-0.3, -0.25) is 9.69 Å². The van der Waals surface area contributed by atoms with Crippen LogP contribution in [-0.2, 0) is 4.79 Å². The van der Waals surface area contributed by atoms with Crippen molar-refractivity contribution in [3.63, 3.8) is 0 Å². The molecule has 2 aromatic rings. The Morgan fingerprint density at radius 3 is 2.52 bits per heavy atom. The first-order valence-electron chi connectivity index (χ1n) is 8.99. The summed E-state index contributed by atoms with van der Waals surface area (Å²) in [5.41, 5.74) is 9.94. The van der Waals surface area contributed by atoms with E-state index in [2.05, 4.69) is 47.5 Å². The molecule has 4 heteroatoms. The summed E-state index contributed by atoms with van der Waals surface area (Å²) in [6.07, 6.45) is 1.95. The second-order valence-corrected chi connectivity index (χ2v) is 6.88. The van der Waals surface area contributed by atoms with Gasteiger partial charge >= 0.3 is 0 Å². The molecule has 0 radical (unpaired) electrons. The third-order valence-corrected chi connectivity index (χ3v) is 5.18. The summed E-state index contributed by atoms with van der Waals surface area (Å²) in [6.45, 7) is 4.73. The highest BCUT2D eigenvalue weighted by Crippen LogP contribution is 2.37. The average molecular weight is 337 g/mol. The number of carbonyl (C=O) groups is 1. The molecule has 132 valence electrons. The molecule has 1 aliphatic heterocycles. The Kier molecular flexibility index (Phi) is 5.51. The van der Waals surface area contributed by atoms with Gasteiger partial charge in [-0.25, -0.2) is 0 Å². The van der Waals surface area contributed by atoms with Gasteiger partial charge in [-0.15, -0.1) is 0 Å². The molecule has 0 saturated carbocycles. The summed E-state index contributed by atoms with van der Waals surface area (Å²) in [6, 6.07) is 18.9. The highest BCUT2D eigenvalue weighted by molar-refractivity contribution is 5.89. The van der Waals surface area contributed by atoms with Crippen LogP contribution in [0.2, 0.25) is 0 Å². The first kappa shape index (κ1) is 17.6. The fraction of sp³-hybridized carbons (Fsp3) is 0.381. The van der Waals surface area contributed by atoms with E-state index in [-0.39, 0.29) is 12.1 Å². The van der Waals surface area contributed by atoms with Gasteiger partial charge in [0.2, 0.25) is 5.91 Å². The topological polar surface area (TPSA) is 58.4 Å². The lowest BCUT2D eigenvalue weighted by atomic mass is 9.86. The molecule has 25 heavy (non-hydrogen) atoms. The number of nitrogens with two attached hydrogens (primary N) is 1. The van der Waals surface area contributed by atoms with Crippen LogP contribution in [0, 0.1) is 0 Å². The van der Waals surface area contributed by atoms with E-state index >= 15 is 0 Å². The first-order chi connectivity index (χ1) is 12.1. The quantitative estimate of drug-likeness (QED) is 0.890. The molecule has 0 aliphatic carbocycles. The number of amides is 1. The lowest BCUT2D eigenvalue weighted by Gasteiger charge is -2.41. The summed E-state index contributed by atoms with van der Waals surface area (Å²) in [4.78, 5) is 13.8. The van der Waals surface area contributed by atoms with Gasteiger partial charge in [-0.2, -0.15) is 0 Å². The number of nitrogens with one attached hydrogen (secondary N) is 1. The fourth-order valence-electron chi connectivity index (χ4n) is 3.86. The Balaban J connectivity index is 1.73. The molecular formula is C21H27N3O. The smallest absolute Gasteiger partial charge is 0.221 e. The second-order valence-electron chi connectivity index (χ2n) is 6.88. The van der Waals surface area contributed by atoms with Crippen molar-refractivity contribution in [2.24, 2.45) is 5.73 Å². The molecule has 3 atom stereocenters. The summed E-state index contributed by atoms with van der Waals surface area (Å²) >= 11 is 0. The van der Waals surface area contributed by atoms with E-state index in [0.29, 0.717) is 12.0 Å². The van der Waals surface area contributed by atoms with Crippen molar-refractivity contribution < 1.29 is 4.79 Å². The van der Waals surface area contributed by atoms with Gasteiger partial charge in [0.1, 0.15) is 0 Å². The molecule has 3 N–H and O–H groups in total. The van der Waals surface area contributed by atoms with Gasteiger partial charge in [0.25, 0.3) is 0 Å². The van der Waals surface area contributed by atoms with E-state index in [4.69, 9.17) is 5.73 Å². The molecule has 0 aromatic heterocycles. The largest absolute Gasteiger partial charge is 0.326 e. The van der Waals surface area contributed by atoms with Gasteiger partial charge in [0.15, 0.2) is 0 Å². The predicted molar refractivity (Wildman–Crippen MR) is 102 cm³/mol. The maximum atomic E-state index is 11.5. The molecule has 1 heterocycles. The van der Waals surface area contributed by atoms with Crippen LogP contribution in [0.1, 0.15) is 49.8 Å². The number of hydrogen-bond donors (Lipinski definition) is 2. The van der Waals surface area contributed by atoms with E-state index in [1.807, 2.05) is 24.3 Å². The van der Waals surface area contributed by atoms with E-state index in [0.717, 1.165) is 25.1 Å². The molecule has 0 bridgehead atoms. The molecule has 3 rings (SSSR count). The highest BCUT2D eigenvalue weighted by atomic mass is 16.1. The minimum absolute atomic E-state index is 0.0133. The van der Waals surface area contributed by atoms with Crippen LogP contribution in [0.15, 0.2) is 54.6 Å². The monoisotopic (exact) mass is 337 g/mol. The van der Waals surface area contributed by atoms with Crippen LogP contribution < -0.4 is 11.1 Å².